The maximum absolute atomic E-state index is 13.7. The summed E-state index contributed by atoms with van der Waals surface area (Å²) in [5.41, 5.74) is 0.859. The standard InChI is InChI=1S/C28H36FN3O6S/c1-17-6-4-10-30-24(35)9-8-18(2)26(19(3)15-29)38-28(37)23-7-5-11-32(23)27(36)22-16-39-25(31-22)14-21(34)13-20(33)12-17/h4,6,8-9,12,16,18-20,23,26,33H,5,7,10-11,13-15H2,1-3H3,(H,30,35)/b6-4+,9-8+,17-12+/t18-,19-,20-,23-,26+/m1/s1. The quantitative estimate of drug-likeness (QED) is 0.532. The second-order valence-electron chi connectivity index (χ2n) is 10.1. The van der Waals surface area contributed by atoms with Crippen LogP contribution in [0.1, 0.15) is 55.5 Å². The molecule has 1 saturated heterocycles. The average molecular weight is 562 g/mol. The summed E-state index contributed by atoms with van der Waals surface area (Å²) >= 11 is 1.17. The number of aliphatic hydroxyl groups excluding tert-OH is 1. The molecule has 1 aromatic rings. The van der Waals surface area contributed by atoms with Crippen LogP contribution in [0.15, 0.2) is 41.3 Å². The lowest BCUT2D eigenvalue weighted by Gasteiger charge is -2.29. The molecule has 0 radical (unpaired) electrons. The van der Waals surface area contributed by atoms with Crippen LogP contribution in [0, 0.1) is 11.8 Å². The fourth-order valence-corrected chi connectivity index (χ4v) is 5.43. The van der Waals surface area contributed by atoms with Gasteiger partial charge in [0.15, 0.2) is 0 Å². The Labute approximate surface area is 231 Å². The Kier molecular flexibility index (Phi) is 11.1. The van der Waals surface area contributed by atoms with Gasteiger partial charge in [-0.25, -0.2) is 9.78 Å². The highest BCUT2D eigenvalue weighted by molar-refractivity contribution is 7.09. The molecule has 2 N–H and O–H groups in total. The zero-order valence-electron chi connectivity index (χ0n) is 22.5. The number of ketones is 1. The summed E-state index contributed by atoms with van der Waals surface area (Å²) in [6.07, 6.45) is 6.94. The number of aliphatic hydroxyl groups is 1. The van der Waals surface area contributed by atoms with Crippen molar-refractivity contribution in [3.8, 4) is 0 Å². The van der Waals surface area contributed by atoms with Gasteiger partial charge in [0.2, 0.25) is 5.91 Å². The molecular weight excluding hydrogens is 525 g/mol. The fourth-order valence-electron chi connectivity index (χ4n) is 4.64. The van der Waals surface area contributed by atoms with E-state index in [2.05, 4.69) is 10.3 Å². The van der Waals surface area contributed by atoms with Crippen LogP contribution in [0.25, 0.3) is 0 Å². The number of halogens is 1. The molecule has 11 heteroatoms. The second kappa shape index (κ2) is 14.3. The molecule has 0 saturated carbocycles. The lowest BCUT2D eigenvalue weighted by molar-refractivity contribution is -0.158. The van der Waals surface area contributed by atoms with Crippen molar-refractivity contribution in [1.29, 1.82) is 0 Å². The van der Waals surface area contributed by atoms with Gasteiger partial charge in [-0.1, -0.05) is 43.7 Å². The molecule has 1 aromatic heterocycles. The number of hydrogen-bond acceptors (Lipinski definition) is 8. The third-order valence-electron chi connectivity index (χ3n) is 6.70. The van der Waals surface area contributed by atoms with Crippen LogP contribution < -0.4 is 5.32 Å². The number of fused-ring (bicyclic) bond motifs is 3. The first-order valence-electron chi connectivity index (χ1n) is 13.1. The van der Waals surface area contributed by atoms with E-state index in [1.807, 2.05) is 0 Å². The van der Waals surface area contributed by atoms with E-state index >= 15 is 0 Å². The molecule has 3 heterocycles. The molecule has 0 aliphatic carbocycles. The van der Waals surface area contributed by atoms with Crippen molar-refractivity contribution in [3.05, 3.63) is 52.0 Å². The molecular formula is C28H36FN3O6S. The highest BCUT2D eigenvalue weighted by Crippen LogP contribution is 2.26. The van der Waals surface area contributed by atoms with E-state index < -0.39 is 48.6 Å². The Morgan fingerprint density at radius 3 is 2.79 bits per heavy atom. The molecule has 2 amide bonds. The molecule has 39 heavy (non-hydrogen) atoms. The number of rotatable bonds is 2. The maximum atomic E-state index is 13.7. The van der Waals surface area contributed by atoms with Gasteiger partial charge in [-0.3, -0.25) is 18.8 Å². The minimum Gasteiger partial charge on any atom is -0.460 e. The van der Waals surface area contributed by atoms with Gasteiger partial charge in [0.1, 0.15) is 28.6 Å². The first-order chi connectivity index (χ1) is 18.6. The van der Waals surface area contributed by atoms with Gasteiger partial charge in [0.25, 0.3) is 5.91 Å². The van der Waals surface area contributed by atoms with Crippen molar-refractivity contribution < 1.29 is 33.4 Å². The highest BCUT2D eigenvalue weighted by Gasteiger charge is 2.39. The number of amides is 2. The first kappa shape index (κ1) is 30.4. The van der Waals surface area contributed by atoms with Crippen molar-refractivity contribution in [3.63, 3.8) is 0 Å². The molecule has 5 atom stereocenters. The SMILES string of the molecule is CC1=C\[C@@H](O)CC(=O)Cc2nc(cs2)C(=O)N2CCC[C@@H]2C(=O)O[C@H]([C@H](C)CF)[C@H](C)/C=C/C(=O)NC\C=C\1. The number of hydrogen-bond donors (Lipinski definition) is 2. The molecule has 2 aliphatic rings. The van der Waals surface area contributed by atoms with E-state index in [-0.39, 0.29) is 36.8 Å². The van der Waals surface area contributed by atoms with Crippen LogP contribution in [0.3, 0.4) is 0 Å². The van der Waals surface area contributed by atoms with Crippen molar-refractivity contribution in [1.82, 2.24) is 15.2 Å². The molecule has 9 nitrogen and oxygen atoms in total. The predicted molar refractivity (Wildman–Crippen MR) is 145 cm³/mol. The van der Waals surface area contributed by atoms with Crippen molar-refractivity contribution >= 4 is 34.9 Å². The van der Waals surface area contributed by atoms with Crippen LogP contribution in [-0.4, -0.2) is 76.6 Å². The van der Waals surface area contributed by atoms with Gasteiger partial charge < -0.3 is 20.1 Å². The van der Waals surface area contributed by atoms with E-state index in [1.165, 1.54) is 22.3 Å². The van der Waals surface area contributed by atoms with Crippen LogP contribution in [0.2, 0.25) is 0 Å². The molecule has 3 rings (SSSR count). The van der Waals surface area contributed by atoms with E-state index in [0.717, 1.165) is 5.57 Å². The summed E-state index contributed by atoms with van der Waals surface area (Å²) < 4.78 is 19.4. The Balaban J connectivity index is 1.87. The molecule has 0 unspecified atom stereocenters. The summed E-state index contributed by atoms with van der Waals surface area (Å²) in [5, 5.41) is 15.0. The lowest BCUT2D eigenvalue weighted by Crippen LogP contribution is -2.44. The van der Waals surface area contributed by atoms with E-state index in [4.69, 9.17) is 4.74 Å². The Morgan fingerprint density at radius 1 is 1.28 bits per heavy atom. The average Bonchev–Trinajstić information content (AvgIpc) is 3.57. The summed E-state index contributed by atoms with van der Waals surface area (Å²) in [6, 6.07) is -0.836. The predicted octanol–water partition coefficient (Wildman–Crippen LogP) is 2.95. The number of nitrogens with one attached hydrogen (secondary N) is 1. The summed E-state index contributed by atoms with van der Waals surface area (Å²) in [6.45, 7) is 4.99. The highest BCUT2D eigenvalue weighted by atomic mass is 32.1. The normalized spacial score (nSPS) is 30.0. The maximum Gasteiger partial charge on any atom is 0.329 e. The first-order valence-corrected chi connectivity index (χ1v) is 14.0. The Hall–Kier alpha value is -3.18. The number of ether oxygens (including phenoxy) is 1. The zero-order valence-corrected chi connectivity index (χ0v) is 23.3. The number of alkyl halides is 1. The fraction of sp³-hybridized carbons (Fsp3) is 0.536. The van der Waals surface area contributed by atoms with Crippen molar-refractivity contribution in [2.45, 2.75) is 64.7 Å². The summed E-state index contributed by atoms with van der Waals surface area (Å²) in [4.78, 5) is 56.9. The number of Topliss-reactive ketones (excluding diaryl/α,β-unsaturated/α-hetero) is 1. The van der Waals surface area contributed by atoms with Gasteiger partial charge in [-0.15, -0.1) is 11.3 Å². The molecule has 2 aliphatic heterocycles. The molecule has 0 aromatic carbocycles. The second-order valence-corrected chi connectivity index (χ2v) is 11.0. The minimum atomic E-state index is -0.986. The lowest BCUT2D eigenvalue weighted by atomic mass is 9.93. The molecule has 212 valence electrons. The number of allylic oxidation sites excluding steroid dienone is 2. The Morgan fingerprint density at radius 2 is 2.05 bits per heavy atom. The Bertz CT molecular complexity index is 1150. The van der Waals surface area contributed by atoms with Crippen LogP contribution in [-0.2, 0) is 25.5 Å². The van der Waals surface area contributed by atoms with Crippen LogP contribution >= 0.6 is 11.3 Å². The van der Waals surface area contributed by atoms with E-state index in [1.54, 1.807) is 50.5 Å². The van der Waals surface area contributed by atoms with Gasteiger partial charge in [0.05, 0.1) is 19.2 Å². The molecule has 0 spiro atoms. The van der Waals surface area contributed by atoms with Gasteiger partial charge in [-0.2, -0.15) is 0 Å². The number of carbonyl (C=O) groups is 4. The summed E-state index contributed by atoms with van der Waals surface area (Å²) in [7, 11) is 0. The van der Waals surface area contributed by atoms with Gasteiger partial charge in [0, 0.05) is 36.7 Å². The van der Waals surface area contributed by atoms with Gasteiger partial charge >= 0.3 is 5.97 Å². The van der Waals surface area contributed by atoms with E-state index in [9.17, 15) is 28.7 Å². The molecule has 1 fully saturated rings. The zero-order chi connectivity index (χ0) is 28.5. The smallest absolute Gasteiger partial charge is 0.329 e. The summed E-state index contributed by atoms with van der Waals surface area (Å²) in [5.74, 6) is -2.74. The number of carbonyl (C=O) groups excluding carboxylic acids is 4. The number of cyclic esters (lactones) is 1. The van der Waals surface area contributed by atoms with Crippen LogP contribution in [0.5, 0.6) is 0 Å². The van der Waals surface area contributed by atoms with Crippen molar-refractivity contribution in [2.75, 3.05) is 19.8 Å². The monoisotopic (exact) mass is 561 g/mol. The third-order valence-corrected chi connectivity index (χ3v) is 7.55. The number of esters is 1. The van der Waals surface area contributed by atoms with Crippen LogP contribution in [0.4, 0.5) is 4.39 Å². The van der Waals surface area contributed by atoms with E-state index in [0.29, 0.717) is 24.4 Å². The third kappa shape index (κ3) is 8.66. The number of aromatic nitrogens is 1. The number of thiazole rings is 1. The topological polar surface area (TPSA) is 126 Å². The van der Waals surface area contributed by atoms with Crippen molar-refractivity contribution in [2.24, 2.45) is 11.8 Å². The molecule has 2 bridgehead atoms. The minimum absolute atomic E-state index is 0.0249. The number of nitrogens with zero attached hydrogens (tertiary/aromatic N) is 2. The van der Waals surface area contributed by atoms with Gasteiger partial charge in [-0.05, 0) is 25.8 Å². The largest absolute Gasteiger partial charge is 0.460 e.